The Kier molecular flexibility index (Phi) is 5.15. The molecule has 1 N–H and O–H groups in total. The second-order valence-electron chi connectivity index (χ2n) is 4.47. The minimum atomic E-state index is -4.24. The first-order valence-electron chi connectivity index (χ1n) is 6.01. The van der Waals surface area contributed by atoms with Crippen molar-refractivity contribution >= 4 is 39.7 Å². The largest absolute Gasteiger partial charge is 0.584 e. The van der Waals surface area contributed by atoms with E-state index in [0.29, 0.717) is 0 Å². The summed E-state index contributed by atoms with van der Waals surface area (Å²) in [5.41, 5.74) is 1.79. The maximum absolute atomic E-state index is 12.0. The van der Waals surface area contributed by atoms with Gasteiger partial charge in [0.25, 0.3) is 0 Å². The molecule has 2 aromatic carbocycles. The molecule has 0 radical (unpaired) electrons. The Hall–Kier alpha value is -0.810. The van der Waals surface area contributed by atoms with Crippen molar-refractivity contribution < 1.29 is 18.5 Å². The number of hydrogen-bond acceptors (Lipinski definition) is 3. The van der Waals surface area contributed by atoms with Crippen LogP contribution in [0.5, 0.6) is 11.5 Å². The fourth-order valence-electron chi connectivity index (χ4n) is 1.63. The third kappa shape index (κ3) is 4.58. The normalized spacial score (nSPS) is 11.3. The van der Waals surface area contributed by atoms with Crippen LogP contribution in [0.4, 0.5) is 0 Å². The van der Waals surface area contributed by atoms with E-state index in [0.717, 1.165) is 20.1 Å². The van der Waals surface area contributed by atoms with Gasteiger partial charge in [-0.25, -0.2) is 4.57 Å². The number of benzene rings is 2. The average molecular weight is 436 g/mol. The molecule has 112 valence electrons. The van der Waals surface area contributed by atoms with E-state index in [-0.39, 0.29) is 11.5 Å². The third-order valence-electron chi connectivity index (χ3n) is 2.70. The first-order valence-corrected chi connectivity index (χ1v) is 9.09. The van der Waals surface area contributed by atoms with Crippen LogP contribution in [-0.4, -0.2) is 4.89 Å². The zero-order chi connectivity index (χ0) is 15.6. The van der Waals surface area contributed by atoms with Gasteiger partial charge in [0.1, 0.15) is 11.5 Å². The van der Waals surface area contributed by atoms with Gasteiger partial charge < -0.3 is 9.05 Å². The standard InChI is InChI=1S/C14H13Br2O4P/c1-9-7-11(3-5-13(9)15)19-21(17,18)20-12-4-6-14(16)10(2)8-12/h3-8H,1-2H3,(H,17,18). The zero-order valence-electron chi connectivity index (χ0n) is 11.3. The molecule has 0 aliphatic heterocycles. The Labute approximate surface area is 140 Å². The minimum Gasteiger partial charge on any atom is -0.395 e. The quantitative estimate of drug-likeness (QED) is 0.654. The molecule has 0 spiro atoms. The smallest absolute Gasteiger partial charge is 0.395 e. The van der Waals surface area contributed by atoms with Crippen LogP contribution in [0, 0.1) is 13.8 Å². The van der Waals surface area contributed by atoms with Gasteiger partial charge in [0.15, 0.2) is 0 Å². The number of halogens is 2. The molecule has 2 rings (SSSR count). The van der Waals surface area contributed by atoms with E-state index in [2.05, 4.69) is 31.9 Å². The van der Waals surface area contributed by atoms with Crippen LogP contribution in [0.15, 0.2) is 45.3 Å². The molecule has 0 saturated heterocycles. The first-order chi connectivity index (χ1) is 9.77. The van der Waals surface area contributed by atoms with Crippen LogP contribution in [0.25, 0.3) is 0 Å². The van der Waals surface area contributed by atoms with Crippen molar-refractivity contribution in [2.45, 2.75) is 13.8 Å². The van der Waals surface area contributed by atoms with Gasteiger partial charge in [-0.2, -0.15) is 0 Å². The molecule has 0 unspecified atom stereocenters. The molecule has 0 aromatic heterocycles. The molecule has 2 aromatic rings. The van der Waals surface area contributed by atoms with Crippen molar-refractivity contribution in [2.24, 2.45) is 0 Å². The van der Waals surface area contributed by atoms with Crippen molar-refractivity contribution in [3.05, 3.63) is 56.5 Å². The maximum Gasteiger partial charge on any atom is 0.584 e. The van der Waals surface area contributed by atoms with Crippen LogP contribution in [-0.2, 0) is 4.57 Å². The average Bonchev–Trinajstić information content (AvgIpc) is 2.37. The second kappa shape index (κ2) is 6.53. The fourth-order valence-corrected chi connectivity index (χ4v) is 2.92. The molecule has 0 heterocycles. The summed E-state index contributed by atoms with van der Waals surface area (Å²) in [6.07, 6.45) is 0. The predicted molar refractivity (Wildman–Crippen MR) is 88.8 cm³/mol. The summed E-state index contributed by atoms with van der Waals surface area (Å²) in [4.78, 5) is 9.83. The second-order valence-corrected chi connectivity index (χ2v) is 7.48. The Morgan fingerprint density at radius 3 is 1.62 bits per heavy atom. The first kappa shape index (κ1) is 16.6. The molecule has 0 saturated carbocycles. The van der Waals surface area contributed by atoms with E-state index >= 15 is 0 Å². The number of aryl methyl sites for hydroxylation is 2. The van der Waals surface area contributed by atoms with E-state index in [4.69, 9.17) is 9.05 Å². The maximum atomic E-state index is 12.0. The highest BCUT2D eigenvalue weighted by molar-refractivity contribution is 9.10. The lowest BCUT2D eigenvalue weighted by Gasteiger charge is -2.15. The third-order valence-corrected chi connectivity index (χ3v) is 5.36. The molecule has 4 nitrogen and oxygen atoms in total. The molecule has 0 aliphatic carbocycles. The highest BCUT2D eigenvalue weighted by Crippen LogP contribution is 2.45. The van der Waals surface area contributed by atoms with Gasteiger partial charge in [0.2, 0.25) is 0 Å². The lowest BCUT2D eigenvalue weighted by Crippen LogP contribution is -2.00. The van der Waals surface area contributed by atoms with Gasteiger partial charge in [0, 0.05) is 8.95 Å². The summed E-state index contributed by atoms with van der Waals surface area (Å²) < 4.78 is 24.0. The molecule has 0 bridgehead atoms. The molecule has 0 atom stereocenters. The van der Waals surface area contributed by atoms with Crippen molar-refractivity contribution in [1.82, 2.24) is 0 Å². The summed E-state index contributed by atoms with van der Waals surface area (Å²) in [6, 6.07) is 9.99. The molecule has 0 aliphatic rings. The van der Waals surface area contributed by atoms with Gasteiger partial charge in [-0.15, -0.1) is 0 Å². The fraction of sp³-hybridized carbons (Fsp3) is 0.143. The lowest BCUT2D eigenvalue weighted by molar-refractivity contribution is 0.291. The van der Waals surface area contributed by atoms with Crippen molar-refractivity contribution in [2.75, 3.05) is 0 Å². The summed E-state index contributed by atoms with van der Waals surface area (Å²) in [7, 11) is -4.24. The SMILES string of the molecule is Cc1cc(OP(=O)(O)Oc2ccc(Br)c(C)c2)ccc1Br. The Morgan fingerprint density at radius 1 is 0.905 bits per heavy atom. The number of rotatable bonds is 4. The zero-order valence-corrected chi connectivity index (χ0v) is 15.4. The summed E-state index contributed by atoms with van der Waals surface area (Å²) in [6.45, 7) is 3.72. The number of phosphoric acid groups is 1. The van der Waals surface area contributed by atoms with Gasteiger partial charge in [0.05, 0.1) is 0 Å². The van der Waals surface area contributed by atoms with E-state index in [9.17, 15) is 9.46 Å². The predicted octanol–water partition coefficient (Wildman–Crippen LogP) is 5.39. The van der Waals surface area contributed by atoms with Gasteiger partial charge >= 0.3 is 7.82 Å². The van der Waals surface area contributed by atoms with E-state index in [1.165, 1.54) is 0 Å². The van der Waals surface area contributed by atoms with E-state index in [1.807, 2.05) is 13.8 Å². The molecule has 0 fully saturated rings. The van der Waals surface area contributed by atoms with Crippen LogP contribution in [0.1, 0.15) is 11.1 Å². The van der Waals surface area contributed by atoms with Crippen LogP contribution < -0.4 is 9.05 Å². The number of phosphoric ester groups is 1. The van der Waals surface area contributed by atoms with Crippen LogP contribution in [0.3, 0.4) is 0 Å². The van der Waals surface area contributed by atoms with Gasteiger partial charge in [-0.1, -0.05) is 31.9 Å². The Bertz CT molecular complexity index is 661. The van der Waals surface area contributed by atoms with Crippen LogP contribution >= 0.6 is 39.7 Å². The highest BCUT2D eigenvalue weighted by atomic mass is 79.9. The summed E-state index contributed by atoms with van der Waals surface area (Å²) in [5, 5.41) is 0. The molecular weight excluding hydrogens is 423 g/mol. The molecule has 21 heavy (non-hydrogen) atoms. The Morgan fingerprint density at radius 2 is 1.29 bits per heavy atom. The van der Waals surface area contributed by atoms with Gasteiger partial charge in [-0.3, -0.25) is 4.89 Å². The molecular formula is C14H13Br2O4P. The van der Waals surface area contributed by atoms with Gasteiger partial charge in [-0.05, 0) is 61.4 Å². The van der Waals surface area contributed by atoms with E-state index < -0.39 is 7.82 Å². The summed E-state index contributed by atoms with van der Waals surface area (Å²) >= 11 is 6.71. The van der Waals surface area contributed by atoms with Crippen molar-refractivity contribution in [1.29, 1.82) is 0 Å². The minimum absolute atomic E-state index is 0.273. The topological polar surface area (TPSA) is 55.8 Å². The molecule has 7 heteroatoms. The van der Waals surface area contributed by atoms with Crippen LogP contribution in [0.2, 0.25) is 0 Å². The number of hydrogen-bond donors (Lipinski definition) is 1. The lowest BCUT2D eigenvalue weighted by atomic mass is 10.2. The Balaban J connectivity index is 2.15. The monoisotopic (exact) mass is 434 g/mol. The molecule has 0 amide bonds. The van der Waals surface area contributed by atoms with Crippen molar-refractivity contribution in [3.8, 4) is 11.5 Å². The van der Waals surface area contributed by atoms with E-state index in [1.54, 1.807) is 36.4 Å². The summed E-state index contributed by atoms with van der Waals surface area (Å²) in [5.74, 6) is 0.547. The van der Waals surface area contributed by atoms with Crippen molar-refractivity contribution in [3.63, 3.8) is 0 Å². The highest BCUT2D eigenvalue weighted by Gasteiger charge is 2.25.